The highest BCUT2D eigenvalue weighted by Crippen LogP contribution is 2.32. The average Bonchev–Trinajstić information content (AvgIpc) is 3.35. The zero-order chi connectivity index (χ0) is 19.5. The van der Waals surface area contributed by atoms with Gasteiger partial charge in [-0.25, -0.2) is 0 Å². The summed E-state index contributed by atoms with van der Waals surface area (Å²) < 4.78 is 10.7. The molecule has 1 aliphatic rings. The third kappa shape index (κ3) is 3.57. The lowest BCUT2D eigenvalue weighted by atomic mass is 10.1. The lowest BCUT2D eigenvalue weighted by Crippen LogP contribution is -2.24. The van der Waals surface area contributed by atoms with Crippen LogP contribution >= 0.6 is 0 Å². The quantitative estimate of drug-likeness (QED) is 0.733. The number of methoxy groups -OCH3 is 1. The second-order valence-electron chi connectivity index (χ2n) is 6.37. The zero-order valence-electron chi connectivity index (χ0n) is 15.2. The van der Waals surface area contributed by atoms with Gasteiger partial charge in [0.25, 0.3) is 5.91 Å². The van der Waals surface area contributed by atoms with Crippen LogP contribution in [0.5, 0.6) is 5.75 Å². The first-order valence-electron chi connectivity index (χ1n) is 8.78. The molecule has 4 rings (SSSR count). The van der Waals surface area contributed by atoms with Crippen molar-refractivity contribution < 1.29 is 18.7 Å². The van der Waals surface area contributed by atoms with Crippen molar-refractivity contribution in [2.45, 2.75) is 12.3 Å². The van der Waals surface area contributed by atoms with Crippen LogP contribution in [0.3, 0.4) is 0 Å². The molecule has 0 radical (unpaired) electrons. The van der Waals surface area contributed by atoms with E-state index in [-0.39, 0.29) is 30.2 Å². The van der Waals surface area contributed by atoms with E-state index in [1.807, 2.05) is 18.2 Å². The van der Waals surface area contributed by atoms with Gasteiger partial charge in [-0.15, -0.1) is 5.10 Å². The van der Waals surface area contributed by atoms with Crippen molar-refractivity contribution in [2.75, 3.05) is 23.9 Å². The van der Waals surface area contributed by atoms with E-state index in [0.717, 1.165) is 11.4 Å². The van der Waals surface area contributed by atoms with Gasteiger partial charge in [0, 0.05) is 24.2 Å². The Bertz CT molecular complexity index is 985. The Morgan fingerprint density at radius 1 is 1.14 bits per heavy atom. The minimum absolute atomic E-state index is 0.0131. The molecule has 2 aromatic carbocycles. The van der Waals surface area contributed by atoms with Crippen LogP contribution in [0.25, 0.3) is 0 Å². The number of carbonyl (C=O) groups is 2. The largest absolute Gasteiger partial charge is 0.497 e. The molecule has 0 bridgehead atoms. The maximum Gasteiger partial charge on any atom is 0.322 e. The van der Waals surface area contributed by atoms with Crippen LogP contribution in [0.4, 0.5) is 11.7 Å². The van der Waals surface area contributed by atoms with Gasteiger partial charge in [0.05, 0.1) is 13.0 Å². The summed E-state index contributed by atoms with van der Waals surface area (Å²) in [6.45, 7) is 0.430. The Morgan fingerprint density at radius 3 is 2.61 bits per heavy atom. The molecular formula is C20H18N4O4. The third-order valence-corrected chi connectivity index (χ3v) is 4.56. The summed E-state index contributed by atoms with van der Waals surface area (Å²) >= 11 is 0. The van der Waals surface area contributed by atoms with Crippen molar-refractivity contribution >= 4 is 23.5 Å². The predicted octanol–water partition coefficient (Wildman–Crippen LogP) is 2.85. The lowest BCUT2D eigenvalue weighted by molar-refractivity contribution is -0.117. The van der Waals surface area contributed by atoms with Gasteiger partial charge in [-0.05, 0) is 36.4 Å². The number of aromatic nitrogens is 2. The van der Waals surface area contributed by atoms with E-state index >= 15 is 0 Å². The number of hydrogen-bond donors (Lipinski definition) is 1. The average molecular weight is 378 g/mol. The Morgan fingerprint density at radius 2 is 1.89 bits per heavy atom. The van der Waals surface area contributed by atoms with Gasteiger partial charge in [0.1, 0.15) is 5.75 Å². The topological polar surface area (TPSA) is 97.6 Å². The molecule has 0 spiro atoms. The fraction of sp³-hybridized carbons (Fsp3) is 0.200. The van der Waals surface area contributed by atoms with Crippen LogP contribution in [-0.2, 0) is 4.79 Å². The number of ether oxygens (including phenoxy) is 1. The van der Waals surface area contributed by atoms with Gasteiger partial charge in [-0.1, -0.05) is 23.3 Å². The molecule has 8 heteroatoms. The maximum atomic E-state index is 12.4. The van der Waals surface area contributed by atoms with E-state index in [9.17, 15) is 9.59 Å². The summed E-state index contributed by atoms with van der Waals surface area (Å²) in [5.74, 6) is 0.459. The smallest absolute Gasteiger partial charge is 0.322 e. The van der Waals surface area contributed by atoms with Gasteiger partial charge >= 0.3 is 6.01 Å². The second-order valence-corrected chi connectivity index (χ2v) is 6.37. The number of anilines is 2. The molecule has 8 nitrogen and oxygen atoms in total. The summed E-state index contributed by atoms with van der Waals surface area (Å²) in [4.78, 5) is 26.3. The van der Waals surface area contributed by atoms with Crippen molar-refractivity contribution in [3.05, 3.63) is 66.1 Å². The number of nitrogens with one attached hydrogen (secondary N) is 1. The Labute approximate surface area is 161 Å². The van der Waals surface area contributed by atoms with Crippen LogP contribution < -0.4 is 15.0 Å². The monoisotopic (exact) mass is 378 g/mol. The molecule has 0 saturated carbocycles. The number of rotatable bonds is 5. The highest BCUT2D eigenvalue weighted by molar-refractivity contribution is 6.03. The number of benzene rings is 2. The molecule has 1 fully saturated rings. The van der Waals surface area contributed by atoms with E-state index in [4.69, 9.17) is 9.15 Å². The van der Waals surface area contributed by atoms with Crippen molar-refractivity contribution in [2.24, 2.45) is 0 Å². The van der Waals surface area contributed by atoms with Crippen LogP contribution in [0.1, 0.15) is 28.6 Å². The first-order valence-corrected chi connectivity index (χ1v) is 8.78. The molecule has 1 aromatic heterocycles. The summed E-state index contributed by atoms with van der Waals surface area (Å²) in [6.07, 6.45) is 0.264. The fourth-order valence-corrected chi connectivity index (χ4v) is 3.09. The summed E-state index contributed by atoms with van der Waals surface area (Å²) in [7, 11) is 1.59. The summed E-state index contributed by atoms with van der Waals surface area (Å²) in [5, 5.41) is 10.5. The van der Waals surface area contributed by atoms with Crippen molar-refractivity contribution in [1.29, 1.82) is 0 Å². The minimum Gasteiger partial charge on any atom is -0.497 e. The van der Waals surface area contributed by atoms with Crippen molar-refractivity contribution in [3.63, 3.8) is 0 Å². The highest BCUT2D eigenvalue weighted by Gasteiger charge is 2.35. The van der Waals surface area contributed by atoms with E-state index < -0.39 is 0 Å². The standard InChI is InChI=1S/C20H18N4O4/c1-27-16-9-7-15(8-10-16)24-12-14(11-17(24)25)19-22-23-20(28-19)21-18(26)13-5-3-2-4-6-13/h2-10,14H,11-12H2,1H3,(H,21,23,26)/t14-/m0/s1. The van der Waals surface area contributed by atoms with Crippen molar-refractivity contribution in [3.8, 4) is 5.75 Å². The molecule has 28 heavy (non-hydrogen) atoms. The Hall–Kier alpha value is -3.68. The molecule has 0 unspecified atom stereocenters. The molecule has 142 valence electrons. The van der Waals surface area contributed by atoms with Crippen LogP contribution in [-0.4, -0.2) is 35.7 Å². The fourth-order valence-electron chi connectivity index (χ4n) is 3.09. The number of carbonyl (C=O) groups excluding carboxylic acids is 2. The predicted molar refractivity (Wildman–Crippen MR) is 101 cm³/mol. The number of nitrogens with zero attached hydrogens (tertiary/aromatic N) is 3. The normalized spacial score (nSPS) is 16.2. The molecule has 1 N–H and O–H groups in total. The van der Waals surface area contributed by atoms with Crippen molar-refractivity contribution in [1.82, 2.24) is 10.2 Å². The van der Waals surface area contributed by atoms with Crippen LogP contribution in [0.2, 0.25) is 0 Å². The number of hydrogen-bond acceptors (Lipinski definition) is 6. The zero-order valence-corrected chi connectivity index (χ0v) is 15.2. The molecule has 3 aromatic rings. The molecule has 0 aliphatic carbocycles. The van der Waals surface area contributed by atoms with Gasteiger partial charge in [-0.2, -0.15) is 0 Å². The number of amides is 2. The lowest BCUT2D eigenvalue weighted by Gasteiger charge is -2.16. The first-order chi connectivity index (χ1) is 13.6. The maximum absolute atomic E-state index is 12.4. The van der Waals surface area contributed by atoms with E-state index in [1.165, 1.54) is 0 Å². The molecule has 1 aliphatic heterocycles. The van der Waals surface area contributed by atoms with Crippen LogP contribution in [0, 0.1) is 0 Å². The van der Waals surface area contributed by atoms with Gasteiger partial charge in [-0.3, -0.25) is 14.9 Å². The first kappa shape index (κ1) is 17.7. The molecule has 1 atom stereocenters. The highest BCUT2D eigenvalue weighted by atomic mass is 16.5. The second kappa shape index (κ2) is 7.51. The molecule has 2 amide bonds. The Balaban J connectivity index is 1.44. The van der Waals surface area contributed by atoms with Gasteiger partial charge in [0.2, 0.25) is 11.8 Å². The molecule has 1 saturated heterocycles. The summed E-state index contributed by atoms with van der Waals surface area (Å²) in [5.41, 5.74) is 1.27. The van der Waals surface area contributed by atoms with Gasteiger partial charge in [0.15, 0.2) is 0 Å². The Kier molecular flexibility index (Phi) is 4.76. The van der Waals surface area contributed by atoms with E-state index in [1.54, 1.807) is 48.4 Å². The van der Waals surface area contributed by atoms with E-state index in [2.05, 4.69) is 15.5 Å². The van der Waals surface area contributed by atoms with E-state index in [0.29, 0.717) is 18.0 Å². The summed E-state index contributed by atoms with van der Waals surface area (Å²) in [6, 6.07) is 16.0. The SMILES string of the molecule is COc1ccc(N2C[C@@H](c3nnc(NC(=O)c4ccccc4)o3)CC2=O)cc1. The van der Waals surface area contributed by atoms with Crippen LogP contribution in [0.15, 0.2) is 59.0 Å². The van der Waals surface area contributed by atoms with Gasteiger partial charge < -0.3 is 14.1 Å². The molecular weight excluding hydrogens is 360 g/mol. The third-order valence-electron chi connectivity index (χ3n) is 4.56. The molecule has 2 heterocycles. The minimum atomic E-state index is -0.335.